The molecule has 0 saturated carbocycles. The van der Waals surface area contributed by atoms with Crippen LogP contribution < -0.4 is 10.1 Å². The number of alkyl carbamates (subject to hydrolysis) is 1. The molecule has 0 unspecified atom stereocenters. The fourth-order valence-electron chi connectivity index (χ4n) is 3.55. The van der Waals surface area contributed by atoms with Crippen molar-refractivity contribution in [2.24, 2.45) is 0 Å². The van der Waals surface area contributed by atoms with Gasteiger partial charge in [-0.25, -0.2) is 4.79 Å². The molecule has 2 rings (SSSR count). The number of rotatable bonds is 11. The van der Waals surface area contributed by atoms with Crippen LogP contribution >= 0.6 is 23.2 Å². The van der Waals surface area contributed by atoms with Crippen molar-refractivity contribution in [3.63, 3.8) is 0 Å². The van der Waals surface area contributed by atoms with Crippen molar-refractivity contribution in [1.82, 2.24) is 10.2 Å². The predicted molar refractivity (Wildman–Crippen MR) is 139 cm³/mol. The zero-order valence-electron chi connectivity index (χ0n) is 21.1. The monoisotopic (exact) mass is 532 g/mol. The average molecular weight is 534 g/mol. The van der Waals surface area contributed by atoms with Gasteiger partial charge in [0, 0.05) is 52.2 Å². The van der Waals surface area contributed by atoms with Crippen molar-refractivity contribution in [3.8, 4) is 5.75 Å². The van der Waals surface area contributed by atoms with E-state index in [9.17, 15) is 9.59 Å². The van der Waals surface area contributed by atoms with E-state index in [-0.39, 0.29) is 18.6 Å². The molecule has 1 aliphatic rings. The first-order valence-electron chi connectivity index (χ1n) is 11.7. The smallest absolute Gasteiger partial charge is 0.407 e. The molecule has 34 heavy (non-hydrogen) atoms. The molecule has 1 saturated heterocycles. The number of benzene rings is 1. The Labute approximate surface area is 214 Å². The van der Waals surface area contributed by atoms with Crippen LogP contribution in [0.3, 0.4) is 0 Å². The maximum Gasteiger partial charge on any atom is 0.407 e. The van der Waals surface area contributed by atoms with Crippen LogP contribution in [-0.4, -0.2) is 63.6 Å². The molecule has 1 N–H and O–H groups in total. The molecule has 10 heteroatoms. The first-order valence-corrected chi connectivity index (χ1v) is 16.2. The second kappa shape index (κ2) is 12.5. The van der Waals surface area contributed by atoms with Crippen LogP contribution in [0.2, 0.25) is 35.7 Å². The van der Waals surface area contributed by atoms with Crippen LogP contribution in [0.15, 0.2) is 12.1 Å². The molecule has 0 aliphatic carbocycles. The van der Waals surface area contributed by atoms with E-state index in [0.29, 0.717) is 54.9 Å². The predicted octanol–water partition coefficient (Wildman–Crippen LogP) is 5.92. The largest absolute Gasteiger partial charge is 0.467 e. The van der Waals surface area contributed by atoms with E-state index in [1.165, 1.54) is 0 Å². The summed E-state index contributed by atoms with van der Waals surface area (Å²) in [7, 11) is -1.17. The van der Waals surface area contributed by atoms with Gasteiger partial charge in [0.2, 0.25) is 5.91 Å². The van der Waals surface area contributed by atoms with E-state index in [1.807, 2.05) is 20.8 Å². The van der Waals surface area contributed by atoms with E-state index in [4.69, 9.17) is 37.4 Å². The molecule has 0 aromatic heterocycles. The minimum atomic E-state index is -1.17. The summed E-state index contributed by atoms with van der Waals surface area (Å²) in [5.41, 5.74) is 0.197. The van der Waals surface area contributed by atoms with E-state index in [0.717, 1.165) is 11.6 Å². The molecular weight excluding hydrogens is 495 g/mol. The first kappa shape index (κ1) is 28.8. The van der Waals surface area contributed by atoms with Gasteiger partial charge in [-0.3, -0.25) is 4.79 Å². The van der Waals surface area contributed by atoms with Crippen LogP contribution in [0.1, 0.15) is 45.1 Å². The van der Waals surface area contributed by atoms with Crippen molar-refractivity contribution < 1.29 is 23.8 Å². The molecule has 2 amide bonds. The van der Waals surface area contributed by atoms with Gasteiger partial charge < -0.3 is 24.4 Å². The van der Waals surface area contributed by atoms with Crippen molar-refractivity contribution >= 4 is 43.3 Å². The lowest BCUT2D eigenvalue weighted by Crippen LogP contribution is -2.34. The fourth-order valence-corrected chi connectivity index (χ4v) is 4.79. The Bertz CT molecular complexity index is 855. The molecule has 1 aromatic carbocycles. The summed E-state index contributed by atoms with van der Waals surface area (Å²) in [6, 6.07) is 4.53. The normalized spacial score (nSPS) is 16.6. The number of hydrogen-bond donors (Lipinski definition) is 1. The first-order chi connectivity index (χ1) is 15.8. The van der Waals surface area contributed by atoms with Crippen LogP contribution in [0, 0.1) is 0 Å². The highest BCUT2D eigenvalue weighted by molar-refractivity contribution is 6.76. The van der Waals surface area contributed by atoms with Crippen LogP contribution in [-0.2, 0) is 14.3 Å². The van der Waals surface area contributed by atoms with Gasteiger partial charge in [-0.15, -0.1) is 0 Å². The number of amides is 2. The number of carbonyl (C=O) groups is 2. The molecule has 1 aliphatic heterocycles. The highest BCUT2D eigenvalue weighted by Crippen LogP contribution is 2.42. The van der Waals surface area contributed by atoms with Crippen molar-refractivity contribution in [2.75, 3.05) is 33.0 Å². The summed E-state index contributed by atoms with van der Waals surface area (Å²) in [5, 5.41) is 3.56. The Balaban J connectivity index is 1.92. The van der Waals surface area contributed by atoms with Gasteiger partial charge in [-0.2, -0.15) is 0 Å². The fraction of sp³-hybridized carbons (Fsp3) is 0.667. The third-order valence-corrected chi connectivity index (χ3v) is 7.81. The van der Waals surface area contributed by atoms with E-state index in [2.05, 4.69) is 25.0 Å². The van der Waals surface area contributed by atoms with E-state index in [1.54, 1.807) is 17.0 Å². The minimum Gasteiger partial charge on any atom is -0.467 e. The number of hydrogen-bond acceptors (Lipinski definition) is 5. The molecule has 1 heterocycles. The number of nitrogens with one attached hydrogen (secondary N) is 1. The van der Waals surface area contributed by atoms with E-state index < -0.39 is 19.8 Å². The summed E-state index contributed by atoms with van der Waals surface area (Å²) >= 11 is 12.8. The van der Waals surface area contributed by atoms with Gasteiger partial charge >= 0.3 is 6.09 Å². The Morgan fingerprint density at radius 3 is 2.59 bits per heavy atom. The Morgan fingerprint density at radius 1 is 1.24 bits per heavy atom. The highest BCUT2D eigenvalue weighted by atomic mass is 35.5. The highest BCUT2D eigenvalue weighted by Gasteiger charge is 2.34. The lowest BCUT2D eigenvalue weighted by atomic mass is 9.97. The Hall–Kier alpha value is -1.48. The molecule has 0 spiro atoms. The van der Waals surface area contributed by atoms with Crippen molar-refractivity contribution in [2.45, 2.75) is 70.8 Å². The molecule has 192 valence electrons. The van der Waals surface area contributed by atoms with Crippen molar-refractivity contribution in [1.29, 1.82) is 0 Å². The molecule has 7 nitrogen and oxygen atoms in total. The Kier molecular flexibility index (Phi) is 10.5. The van der Waals surface area contributed by atoms with Crippen LogP contribution in [0.5, 0.6) is 5.75 Å². The van der Waals surface area contributed by atoms with Gasteiger partial charge in [0.15, 0.2) is 6.79 Å². The summed E-state index contributed by atoms with van der Waals surface area (Å²) < 4.78 is 16.8. The lowest BCUT2D eigenvalue weighted by Gasteiger charge is -2.21. The van der Waals surface area contributed by atoms with Crippen molar-refractivity contribution in [3.05, 3.63) is 27.7 Å². The number of nitrogens with zero attached hydrogens (tertiary/aromatic N) is 1. The summed E-state index contributed by atoms with van der Waals surface area (Å²) in [4.78, 5) is 26.2. The SMILES string of the molecule is CC(C)(C)OC(=O)NCCCN1C[C@H](c2c(OCOCC[Si](C)(C)C)ccc(Cl)c2Cl)CC1=O. The topological polar surface area (TPSA) is 77.1 Å². The molecule has 0 radical (unpaired) electrons. The van der Waals surface area contributed by atoms with Crippen LogP contribution in [0.4, 0.5) is 4.79 Å². The lowest BCUT2D eigenvalue weighted by molar-refractivity contribution is -0.127. The molecule has 1 aromatic rings. The summed E-state index contributed by atoms with van der Waals surface area (Å²) in [5.74, 6) is 0.499. The third-order valence-electron chi connectivity index (χ3n) is 5.28. The molecule has 0 bridgehead atoms. The zero-order valence-corrected chi connectivity index (χ0v) is 23.6. The molecule has 1 atom stereocenters. The number of halogens is 2. The van der Waals surface area contributed by atoms with Gasteiger partial charge in [0.05, 0.1) is 10.0 Å². The van der Waals surface area contributed by atoms with Crippen LogP contribution in [0.25, 0.3) is 0 Å². The molecular formula is C24H38Cl2N2O5Si. The average Bonchev–Trinajstić information content (AvgIpc) is 3.05. The molecule has 1 fully saturated rings. The number of likely N-dealkylation sites (tertiary alicyclic amines) is 1. The van der Waals surface area contributed by atoms with E-state index >= 15 is 0 Å². The van der Waals surface area contributed by atoms with Gasteiger partial charge in [-0.1, -0.05) is 42.8 Å². The Morgan fingerprint density at radius 2 is 1.94 bits per heavy atom. The second-order valence-electron chi connectivity index (χ2n) is 10.8. The quantitative estimate of drug-likeness (QED) is 0.217. The number of ether oxygens (including phenoxy) is 3. The minimum absolute atomic E-state index is 0.0376. The van der Waals surface area contributed by atoms with Gasteiger partial charge in [0.25, 0.3) is 0 Å². The third kappa shape index (κ3) is 9.64. The number of carbonyl (C=O) groups excluding carboxylic acids is 2. The summed E-state index contributed by atoms with van der Waals surface area (Å²) in [6.07, 6.45) is 0.486. The summed E-state index contributed by atoms with van der Waals surface area (Å²) in [6.45, 7) is 14.6. The standard InChI is InChI=1S/C24H38Cl2N2O5Si/c1-24(2,3)33-23(30)27-10-7-11-28-15-17(14-20(28)29)21-19(9-8-18(25)22(21)26)32-16-31-12-13-34(4,5)6/h8-9,17H,7,10-16H2,1-6H3,(H,27,30)/t17-/m1/s1. The maximum absolute atomic E-state index is 12.7. The van der Waals surface area contributed by atoms with Gasteiger partial charge in [-0.05, 0) is 45.4 Å². The maximum atomic E-state index is 12.7. The van der Waals surface area contributed by atoms with Gasteiger partial charge in [0.1, 0.15) is 11.4 Å². The zero-order chi connectivity index (χ0) is 25.5. The second-order valence-corrected chi connectivity index (χ2v) is 17.2.